The number of benzene rings is 2. The van der Waals surface area contributed by atoms with Crippen LogP contribution in [0.5, 0.6) is 5.75 Å². The average molecular weight is 467 g/mol. The molecule has 2 aromatic rings. The molecule has 0 amide bonds. The van der Waals surface area contributed by atoms with E-state index in [1.165, 1.54) is 60.8 Å². The summed E-state index contributed by atoms with van der Waals surface area (Å²) < 4.78 is 61.0. The lowest BCUT2D eigenvalue weighted by molar-refractivity contribution is 0.101. The van der Waals surface area contributed by atoms with E-state index in [0.717, 1.165) is 25.7 Å². The van der Waals surface area contributed by atoms with Gasteiger partial charge in [0.25, 0.3) is 10.0 Å². The third-order valence-electron chi connectivity index (χ3n) is 5.19. The Labute approximate surface area is 183 Å². The van der Waals surface area contributed by atoms with Crippen molar-refractivity contribution in [2.24, 2.45) is 0 Å². The zero-order chi connectivity index (χ0) is 22.6. The van der Waals surface area contributed by atoms with Crippen molar-refractivity contribution in [2.45, 2.75) is 42.4 Å². The number of nitrogens with one attached hydrogen (secondary N) is 1. The minimum atomic E-state index is -4.03. The van der Waals surface area contributed by atoms with Crippen LogP contribution in [0.2, 0.25) is 0 Å². The highest BCUT2D eigenvalue weighted by Crippen LogP contribution is 2.31. The zero-order valence-electron chi connectivity index (χ0n) is 17.5. The predicted molar refractivity (Wildman–Crippen MR) is 117 cm³/mol. The maximum Gasteiger partial charge on any atom is 0.262 e. The quantitative estimate of drug-likeness (QED) is 0.627. The Morgan fingerprint density at radius 2 is 1.48 bits per heavy atom. The Hall–Kier alpha value is -2.43. The van der Waals surface area contributed by atoms with Crippen LogP contribution in [0.25, 0.3) is 0 Å². The van der Waals surface area contributed by atoms with E-state index >= 15 is 0 Å². The first-order valence-corrected chi connectivity index (χ1v) is 12.9. The normalized spacial score (nSPS) is 15.8. The number of methoxy groups -OCH3 is 1. The van der Waals surface area contributed by atoms with Crippen molar-refractivity contribution in [3.63, 3.8) is 0 Å². The molecule has 0 spiro atoms. The fourth-order valence-corrected chi connectivity index (χ4v) is 6.04. The third kappa shape index (κ3) is 5.25. The fraction of sp³-hybridized carbons (Fsp3) is 0.381. The van der Waals surface area contributed by atoms with Gasteiger partial charge in [0.15, 0.2) is 5.78 Å². The molecular formula is C21H26N2O6S2. The first kappa shape index (κ1) is 23.2. The molecule has 0 saturated carbocycles. The van der Waals surface area contributed by atoms with Crippen molar-refractivity contribution in [1.29, 1.82) is 0 Å². The van der Waals surface area contributed by atoms with Crippen molar-refractivity contribution >= 4 is 31.5 Å². The molecule has 31 heavy (non-hydrogen) atoms. The number of rotatable bonds is 7. The molecule has 0 aliphatic carbocycles. The number of anilines is 1. The van der Waals surface area contributed by atoms with E-state index < -0.39 is 20.0 Å². The van der Waals surface area contributed by atoms with Gasteiger partial charge in [0.1, 0.15) is 5.75 Å². The smallest absolute Gasteiger partial charge is 0.262 e. The molecule has 3 rings (SSSR count). The van der Waals surface area contributed by atoms with Crippen LogP contribution in [0, 0.1) is 0 Å². The minimum absolute atomic E-state index is 0.000160. The maximum atomic E-state index is 13.1. The van der Waals surface area contributed by atoms with Crippen molar-refractivity contribution in [3.8, 4) is 5.75 Å². The molecule has 0 unspecified atom stereocenters. The van der Waals surface area contributed by atoms with Crippen molar-refractivity contribution in [1.82, 2.24) is 4.31 Å². The van der Waals surface area contributed by atoms with Gasteiger partial charge in [-0.3, -0.25) is 9.52 Å². The summed E-state index contributed by atoms with van der Waals surface area (Å²) in [6.45, 7) is 2.28. The van der Waals surface area contributed by atoms with Gasteiger partial charge in [-0.15, -0.1) is 0 Å². The number of nitrogens with zero attached hydrogens (tertiary/aromatic N) is 1. The Bertz CT molecular complexity index is 1150. The standard InChI is InChI=1S/C21H26N2O6S2/c1-16(24)17-7-9-18(10-8-17)30(25,26)22-20-15-19(11-12-21(20)29-2)31(27,28)23-13-5-3-4-6-14-23/h7-12,15,22H,3-6,13-14H2,1-2H3. The van der Waals surface area contributed by atoms with E-state index in [-0.39, 0.29) is 27.0 Å². The highest BCUT2D eigenvalue weighted by atomic mass is 32.2. The van der Waals surface area contributed by atoms with Gasteiger partial charge in [0.2, 0.25) is 10.0 Å². The molecular weight excluding hydrogens is 440 g/mol. The summed E-state index contributed by atoms with van der Waals surface area (Å²) in [5.41, 5.74) is 0.413. The Balaban J connectivity index is 1.94. The summed E-state index contributed by atoms with van der Waals surface area (Å²) >= 11 is 0. The molecule has 10 heteroatoms. The predicted octanol–water partition coefficient (Wildman–Crippen LogP) is 3.26. The van der Waals surface area contributed by atoms with Gasteiger partial charge in [0.05, 0.1) is 22.6 Å². The molecule has 1 saturated heterocycles. The van der Waals surface area contributed by atoms with Crippen LogP contribution in [0.3, 0.4) is 0 Å². The second-order valence-electron chi connectivity index (χ2n) is 7.37. The Morgan fingerprint density at radius 3 is 2.03 bits per heavy atom. The van der Waals surface area contributed by atoms with Gasteiger partial charge in [-0.1, -0.05) is 25.0 Å². The molecule has 1 fully saturated rings. The lowest BCUT2D eigenvalue weighted by Crippen LogP contribution is -2.32. The lowest BCUT2D eigenvalue weighted by atomic mass is 10.2. The zero-order valence-corrected chi connectivity index (χ0v) is 19.1. The molecule has 0 atom stereocenters. The van der Waals surface area contributed by atoms with Crippen molar-refractivity contribution in [3.05, 3.63) is 48.0 Å². The summed E-state index contributed by atoms with van der Waals surface area (Å²) in [7, 11) is -6.42. The fourth-order valence-electron chi connectivity index (χ4n) is 3.43. The van der Waals surface area contributed by atoms with E-state index in [4.69, 9.17) is 4.74 Å². The van der Waals surface area contributed by atoms with Crippen LogP contribution >= 0.6 is 0 Å². The molecule has 1 heterocycles. The number of ether oxygens (including phenoxy) is 1. The van der Waals surface area contributed by atoms with Crippen molar-refractivity contribution < 1.29 is 26.4 Å². The van der Waals surface area contributed by atoms with Gasteiger partial charge in [-0.25, -0.2) is 16.8 Å². The van der Waals surface area contributed by atoms with Gasteiger partial charge >= 0.3 is 0 Å². The number of sulfonamides is 2. The Morgan fingerprint density at radius 1 is 0.903 bits per heavy atom. The highest BCUT2D eigenvalue weighted by molar-refractivity contribution is 7.92. The number of hydrogen-bond acceptors (Lipinski definition) is 6. The minimum Gasteiger partial charge on any atom is -0.495 e. The van der Waals surface area contributed by atoms with Crippen LogP contribution in [-0.4, -0.2) is 47.1 Å². The summed E-state index contributed by atoms with van der Waals surface area (Å²) in [4.78, 5) is 11.4. The lowest BCUT2D eigenvalue weighted by Gasteiger charge is -2.21. The van der Waals surface area contributed by atoms with E-state index in [1.807, 2.05) is 0 Å². The summed E-state index contributed by atoms with van der Waals surface area (Å²) in [6.07, 6.45) is 3.57. The van der Waals surface area contributed by atoms with E-state index in [0.29, 0.717) is 18.7 Å². The van der Waals surface area contributed by atoms with Crippen LogP contribution in [-0.2, 0) is 20.0 Å². The SMILES string of the molecule is COc1ccc(S(=O)(=O)N2CCCCCC2)cc1NS(=O)(=O)c1ccc(C(C)=O)cc1. The number of carbonyl (C=O) groups excluding carboxylic acids is 1. The highest BCUT2D eigenvalue weighted by Gasteiger charge is 2.27. The molecule has 1 aliphatic rings. The average Bonchev–Trinajstić information content (AvgIpc) is 3.03. The summed E-state index contributed by atoms with van der Waals surface area (Å²) in [6, 6.07) is 9.62. The number of hydrogen-bond donors (Lipinski definition) is 1. The largest absolute Gasteiger partial charge is 0.495 e. The number of Topliss-reactive ketones (excluding diaryl/α,β-unsaturated/α-hetero) is 1. The van der Waals surface area contributed by atoms with E-state index in [9.17, 15) is 21.6 Å². The topological polar surface area (TPSA) is 110 Å². The first-order valence-electron chi connectivity index (χ1n) is 9.97. The molecule has 1 N–H and O–H groups in total. The molecule has 2 aromatic carbocycles. The van der Waals surface area contributed by atoms with Crippen LogP contribution in [0.4, 0.5) is 5.69 Å². The van der Waals surface area contributed by atoms with Gasteiger partial charge in [-0.05, 0) is 50.1 Å². The molecule has 0 bridgehead atoms. The van der Waals surface area contributed by atoms with Crippen molar-refractivity contribution in [2.75, 3.05) is 24.9 Å². The van der Waals surface area contributed by atoms with Crippen LogP contribution in [0.1, 0.15) is 43.0 Å². The van der Waals surface area contributed by atoms with Gasteiger partial charge in [-0.2, -0.15) is 4.31 Å². The maximum absolute atomic E-state index is 13.1. The molecule has 168 valence electrons. The van der Waals surface area contributed by atoms with Crippen LogP contribution in [0.15, 0.2) is 52.3 Å². The molecule has 0 radical (unpaired) electrons. The summed E-state index contributed by atoms with van der Waals surface area (Å²) in [5, 5.41) is 0. The second-order valence-corrected chi connectivity index (χ2v) is 11.0. The van der Waals surface area contributed by atoms with Crippen LogP contribution < -0.4 is 9.46 Å². The molecule has 8 nitrogen and oxygen atoms in total. The summed E-state index contributed by atoms with van der Waals surface area (Å²) in [5.74, 6) is 0.0174. The van der Waals surface area contributed by atoms with E-state index in [1.54, 1.807) is 0 Å². The molecule has 1 aliphatic heterocycles. The Kier molecular flexibility index (Phi) is 7.03. The first-order chi connectivity index (χ1) is 14.6. The number of ketones is 1. The van der Waals surface area contributed by atoms with Gasteiger partial charge < -0.3 is 4.74 Å². The van der Waals surface area contributed by atoms with Gasteiger partial charge in [0, 0.05) is 18.7 Å². The number of carbonyl (C=O) groups is 1. The molecule has 0 aromatic heterocycles. The monoisotopic (exact) mass is 466 g/mol. The third-order valence-corrected chi connectivity index (χ3v) is 8.47. The second kappa shape index (κ2) is 9.37. The van der Waals surface area contributed by atoms with E-state index in [2.05, 4.69) is 4.72 Å².